The van der Waals surface area contributed by atoms with Gasteiger partial charge in [0.05, 0.1) is 10.2 Å². The molecule has 0 aliphatic carbocycles. The number of benzene rings is 1. The smallest absolute Gasteiger partial charge is 0.289 e. The van der Waals surface area contributed by atoms with E-state index in [0.29, 0.717) is 18.9 Å². The summed E-state index contributed by atoms with van der Waals surface area (Å²) in [5.41, 5.74) is 0.964. The minimum absolute atomic E-state index is 0.0155. The van der Waals surface area contributed by atoms with Crippen LogP contribution >= 0.6 is 22.9 Å². The first kappa shape index (κ1) is 15.4. The Bertz CT molecular complexity index is 897. The van der Waals surface area contributed by atoms with Crippen molar-refractivity contribution < 1.29 is 4.79 Å². The van der Waals surface area contributed by atoms with E-state index in [4.69, 9.17) is 11.6 Å². The number of halogens is 1. The van der Waals surface area contributed by atoms with Crippen LogP contribution < -0.4 is 4.90 Å². The lowest BCUT2D eigenvalue weighted by Gasteiger charge is -2.34. The van der Waals surface area contributed by atoms with Gasteiger partial charge in [0, 0.05) is 50.6 Å². The van der Waals surface area contributed by atoms with Gasteiger partial charge in [-0.15, -0.1) is 0 Å². The van der Waals surface area contributed by atoms with E-state index in [1.165, 1.54) is 0 Å². The predicted molar refractivity (Wildman–Crippen MR) is 96.0 cm³/mol. The number of carbonyl (C=O) groups is 1. The van der Waals surface area contributed by atoms with Crippen molar-refractivity contribution in [2.24, 2.45) is 7.05 Å². The average molecular weight is 362 g/mol. The number of aromatic nitrogens is 3. The highest BCUT2D eigenvalue weighted by Gasteiger charge is 2.25. The summed E-state index contributed by atoms with van der Waals surface area (Å²) in [7, 11) is 1.84. The molecule has 24 heavy (non-hydrogen) atoms. The highest BCUT2D eigenvalue weighted by molar-refractivity contribution is 7.22. The van der Waals surface area contributed by atoms with Crippen LogP contribution in [0.25, 0.3) is 10.2 Å². The third-order valence-corrected chi connectivity index (χ3v) is 5.50. The van der Waals surface area contributed by atoms with Crippen molar-refractivity contribution in [2.45, 2.75) is 0 Å². The maximum Gasteiger partial charge on any atom is 0.289 e. The summed E-state index contributed by atoms with van der Waals surface area (Å²) in [5.74, 6) is 0.469. The molecule has 1 aliphatic heterocycles. The maximum absolute atomic E-state index is 12.5. The lowest BCUT2D eigenvalue weighted by molar-refractivity contribution is 0.0731. The van der Waals surface area contributed by atoms with Gasteiger partial charge in [-0.05, 0) is 18.2 Å². The summed E-state index contributed by atoms with van der Waals surface area (Å²) < 4.78 is 2.84. The van der Waals surface area contributed by atoms with E-state index in [0.717, 1.165) is 33.5 Å². The normalized spacial score (nSPS) is 15.2. The summed E-state index contributed by atoms with van der Waals surface area (Å²) >= 11 is 7.68. The fraction of sp³-hybridized carbons (Fsp3) is 0.312. The Labute approximate surface area is 148 Å². The molecule has 124 valence electrons. The number of anilines is 1. The van der Waals surface area contributed by atoms with Gasteiger partial charge in [-0.2, -0.15) is 0 Å². The van der Waals surface area contributed by atoms with Crippen molar-refractivity contribution in [3.63, 3.8) is 0 Å². The number of amides is 1. The molecule has 0 spiro atoms. The number of carbonyl (C=O) groups excluding carboxylic acids is 1. The zero-order valence-corrected chi connectivity index (χ0v) is 14.7. The number of nitrogens with zero attached hydrogens (tertiary/aromatic N) is 5. The van der Waals surface area contributed by atoms with Crippen molar-refractivity contribution in [3.8, 4) is 0 Å². The van der Waals surface area contributed by atoms with Gasteiger partial charge in [0.1, 0.15) is 0 Å². The molecule has 1 aliphatic rings. The molecule has 1 saturated heterocycles. The van der Waals surface area contributed by atoms with Gasteiger partial charge in [0.2, 0.25) is 0 Å². The molecule has 3 aromatic rings. The first-order chi connectivity index (χ1) is 11.6. The van der Waals surface area contributed by atoms with E-state index in [2.05, 4.69) is 14.9 Å². The number of hydrogen-bond acceptors (Lipinski definition) is 5. The van der Waals surface area contributed by atoms with Crippen LogP contribution in [0.2, 0.25) is 5.02 Å². The summed E-state index contributed by atoms with van der Waals surface area (Å²) in [5, 5.41) is 1.71. The third kappa shape index (κ3) is 2.74. The molecule has 3 heterocycles. The topological polar surface area (TPSA) is 54.3 Å². The van der Waals surface area contributed by atoms with Gasteiger partial charge in [-0.3, -0.25) is 4.79 Å². The molecule has 0 unspecified atom stereocenters. The average Bonchev–Trinajstić information content (AvgIpc) is 3.20. The van der Waals surface area contributed by atoms with Crippen LogP contribution in [-0.4, -0.2) is 51.5 Å². The van der Waals surface area contributed by atoms with E-state index in [9.17, 15) is 4.79 Å². The molecule has 1 fully saturated rings. The van der Waals surface area contributed by atoms with Crippen molar-refractivity contribution >= 4 is 44.2 Å². The van der Waals surface area contributed by atoms with Gasteiger partial charge in [0.15, 0.2) is 11.0 Å². The summed E-state index contributed by atoms with van der Waals surface area (Å²) in [6.45, 7) is 2.87. The molecule has 8 heteroatoms. The molecule has 6 nitrogen and oxygen atoms in total. The monoisotopic (exact) mass is 361 g/mol. The van der Waals surface area contributed by atoms with Crippen LogP contribution in [0.15, 0.2) is 30.6 Å². The van der Waals surface area contributed by atoms with Crippen molar-refractivity contribution in [2.75, 3.05) is 31.1 Å². The predicted octanol–water partition coefficient (Wildman–Crippen LogP) is 2.65. The van der Waals surface area contributed by atoms with Gasteiger partial charge in [0.25, 0.3) is 5.91 Å². The van der Waals surface area contributed by atoms with Crippen LogP contribution in [0.4, 0.5) is 5.13 Å². The Hall–Kier alpha value is -2.12. The quantitative estimate of drug-likeness (QED) is 0.704. The fourth-order valence-electron chi connectivity index (χ4n) is 2.84. The second-order valence-electron chi connectivity index (χ2n) is 5.75. The van der Waals surface area contributed by atoms with Crippen LogP contribution in [-0.2, 0) is 7.05 Å². The maximum atomic E-state index is 12.5. The van der Waals surface area contributed by atoms with Crippen molar-refractivity contribution in [1.82, 2.24) is 19.4 Å². The standard InChI is InChI=1S/C16H16ClN5OS/c1-20-5-4-18-14(20)15(23)21-6-8-22(9-7-21)16-19-12-3-2-11(17)10-13(12)24-16/h2-5,10H,6-9H2,1H3. The number of hydrogen-bond donors (Lipinski definition) is 0. The molecule has 1 aromatic carbocycles. The molecular weight excluding hydrogens is 346 g/mol. The van der Waals surface area contributed by atoms with E-state index in [-0.39, 0.29) is 5.91 Å². The van der Waals surface area contributed by atoms with Crippen LogP contribution in [0.5, 0.6) is 0 Å². The zero-order valence-electron chi connectivity index (χ0n) is 13.1. The largest absolute Gasteiger partial charge is 0.345 e. The molecule has 2 aromatic heterocycles. The Kier molecular flexibility index (Phi) is 3.90. The highest BCUT2D eigenvalue weighted by Crippen LogP contribution is 2.31. The van der Waals surface area contributed by atoms with Gasteiger partial charge < -0.3 is 14.4 Å². The number of fused-ring (bicyclic) bond motifs is 1. The van der Waals surface area contributed by atoms with E-state index < -0.39 is 0 Å². The van der Waals surface area contributed by atoms with E-state index >= 15 is 0 Å². The summed E-state index contributed by atoms with van der Waals surface area (Å²) in [6.07, 6.45) is 3.44. The van der Waals surface area contributed by atoms with Crippen LogP contribution in [0.1, 0.15) is 10.6 Å². The molecule has 4 rings (SSSR count). The number of rotatable bonds is 2. The van der Waals surface area contributed by atoms with Crippen molar-refractivity contribution in [3.05, 3.63) is 41.4 Å². The molecular formula is C16H16ClN5OS. The molecule has 0 radical (unpaired) electrons. The first-order valence-corrected chi connectivity index (χ1v) is 8.89. The van der Waals surface area contributed by atoms with Crippen LogP contribution in [0, 0.1) is 0 Å². The third-order valence-electron chi connectivity index (χ3n) is 4.19. The first-order valence-electron chi connectivity index (χ1n) is 7.69. The van der Waals surface area contributed by atoms with Gasteiger partial charge in [-0.25, -0.2) is 9.97 Å². The van der Waals surface area contributed by atoms with E-state index in [1.807, 2.05) is 30.1 Å². The molecule has 1 amide bonds. The van der Waals surface area contributed by atoms with Gasteiger partial charge >= 0.3 is 0 Å². The molecule has 0 bridgehead atoms. The summed E-state index contributed by atoms with van der Waals surface area (Å²) in [6, 6.07) is 5.74. The van der Waals surface area contributed by atoms with E-state index in [1.54, 1.807) is 28.3 Å². The number of piperazine rings is 1. The lowest BCUT2D eigenvalue weighted by atomic mass is 10.3. The lowest BCUT2D eigenvalue weighted by Crippen LogP contribution is -2.49. The Morgan fingerprint density at radius 1 is 1.25 bits per heavy atom. The second-order valence-corrected chi connectivity index (χ2v) is 7.20. The number of aryl methyl sites for hydroxylation is 1. The molecule has 0 N–H and O–H groups in total. The van der Waals surface area contributed by atoms with Gasteiger partial charge in [-0.1, -0.05) is 22.9 Å². The number of thiazole rings is 1. The fourth-order valence-corrected chi connectivity index (χ4v) is 4.13. The summed E-state index contributed by atoms with van der Waals surface area (Å²) in [4.78, 5) is 25.4. The molecule has 0 atom stereocenters. The minimum atomic E-state index is -0.0155. The van der Waals surface area contributed by atoms with Crippen LogP contribution in [0.3, 0.4) is 0 Å². The highest BCUT2D eigenvalue weighted by atomic mass is 35.5. The van der Waals surface area contributed by atoms with Crippen molar-refractivity contribution in [1.29, 1.82) is 0 Å². The Balaban J connectivity index is 1.47. The molecule has 0 saturated carbocycles. The Morgan fingerprint density at radius 3 is 2.75 bits per heavy atom. The second kappa shape index (κ2) is 6.07. The Morgan fingerprint density at radius 2 is 2.04 bits per heavy atom. The SMILES string of the molecule is Cn1ccnc1C(=O)N1CCN(c2nc3ccc(Cl)cc3s2)CC1. The minimum Gasteiger partial charge on any atom is -0.345 e. The zero-order chi connectivity index (χ0) is 16.7. The number of imidazole rings is 1.